The van der Waals surface area contributed by atoms with Gasteiger partial charge in [-0.1, -0.05) is 17.7 Å². The third-order valence-corrected chi connectivity index (χ3v) is 5.48. The van der Waals surface area contributed by atoms with Gasteiger partial charge in [0.2, 0.25) is 0 Å². The van der Waals surface area contributed by atoms with Gasteiger partial charge in [-0.2, -0.15) is 5.10 Å². The third kappa shape index (κ3) is 2.44. The number of hydrogen-bond acceptors (Lipinski definition) is 4. The number of aryl methyl sites for hydroxylation is 2. The first-order valence-electron chi connectivity index (χ1n) is 9.32. The lowest BCUT2D eigenvalue weighted by Crippen LogP contribution is -2.28. The molecule has 3 heterocycles. The zero-order chi connectivity index (χ0) is 18.5. The number of ketones is 1. The molecule has 0 spiro atoms. The zero-order valence-corrected chi connectivity index (χ0v) is 15.4. The maximum absolute atomic E-state index is 12.8. The topological polar surface area (TPSA) is 75.6 Å². The van der Waals surface area contributed by atoms with Gasteiger partial charge in [0.1, 0.15) is 11.6 Å². The summed E-state index contributed by atoms with van der Waals surface area (Å²) in [5, 5.41) is 8.35. The van der Waals surface area contributed by atoms with Gasteiger partial charge in [0, 0.05) is 35.6 Å². The molecule has 1 aliphatic heterocycles. The first-order chi connectivity index (χ1) is 13.1. The smallest absolute Gasteiger partial charge is 0.161 e. The minimum Gasteiger partial charge on any atom is -0.348 e. The van der Waals surface area contributed by atoms with E-state index >= 15 is 0 Å². The molecule has 6 nitrogen and oxygen atoms in total. The standard InChI is InChI=1S/C21H21N5O/c1-12-6-8-14(9-7-12)26-21-17(13(2)25-26)19(20-22-10-11-23-20)18-15(24-21)4-3-5-16(18)27/h6-11,19,24H,3-5H2,1-2H3,(H,22,23)/t19-/m0/s1. The number of nitrogens with zero attached hydrogens (tertiary/aromatic N) is 3. The second-order valence-corrected chi connectivity index (χ2v) is 7.30. The minimum absolute atomic E-state index is 0.196. The molecule has 0 amide bonds. The highest BCUT2D eigenvalue weighted by atomic mass is 16.1. The molecule has 0 radical (unpaired) electrons. The Bertz CT molecular complexity index is 1060. The molecule has 27 heavy (non-hydrogen) atoms. The van der Waals surface area contributed by atoms with E-state index in [2.05, 4.69) is 46.5 Å². The van der Waals surface area contributed by atoms with Gasteiger partial charge in [0.25, 0.3) is 0 Å². The van der Waals surface area contributed by atoms with Crippen LogP contribution in [0.3, 0.4) is 0 Å². The summed E-state index contributed by atoms with van der Waals surface area (Å²) >= 11 is 0. The molecule has 3 aromatic rings. The molecule has 0 fully saturated rings. The molecular formula is C21H21N5O. The van der Waals surface area contributed by atoms with Gasteiger partial charge in [-0.15, -0.1) is 0 Å². The Kier molecular flexibility index (Phi) is 3.53. The number of allylic oxidation sites excluding steroid dienone is 2. The van der Waals surface area contributed by atoms with Crippen molar-refractivity contribution in [3.05, 3.63) is 70.6 Å². The fraction of sp³-hybridized carbons (Fsp3) is 0.286. The molecule has 6 heteroatoms. The van der Waals surface area contributed by atoms with Gasteiger partial charge in [0.05, 0.1) is 17.3 Å². The van der Waals surface area contributed by atoms with Crippen LogP contribution in [0.2, 0.25) is 0 Å². The minimum atomic E-state index is -0.196. The second-order valence-electron chi connectivity index (χ2n) is 7.30. The van der Waals surface area contributed by atoms with Crippen molar-refractivity contribution >= 4 is 11.6 Å². The van der Waals surface area contributed by atoms with Crippen LogP contribution in [-0.2, 0) is 4.79 Å². The number of anilines is 1. The molecule has 5 rings (SSSR count). The lowest BCUT2D eigenvalue weighted by molar-refractivity contribution is -0.116. The first-order valence-corrected chi connectivity index (χ1v) is 9.32. The fourth-order valence-corrected chi connectivity index (χ4v) is 4.20. The Morgan fingerprint density at radius 3 is 2.70 bits per heavy atom. The zero-order valence-electron chi connectivity index (χ0n) is 15.4. The van der Waals surface area contributed by atoms with Gasteiger partial charge < -0.3 is 10.3 Å². The highest BCUT2D eigenvalue weighted by Gasteiger charge is 2.39. The number of fused-ring (bicyclic) bond motifs is 1. The lowest BCUT2D eigenvalue weighted by Gasteiger charge is -2.31. The number of nitrogens with one attached hydrogen (secondary N) is 2. The highest BCUT2D eigenvalue weighted by Crippen LogP contribution is 2.46. The number of benzene rings is 1. The number of aromatic nitrogens is 4. The van der Waals surface area contributed by atoms with Gasteiger partial charge in [-0.05, 0) is 38.8 Å². The summed E-state index contributed by atoms with van der Waals surface area (Å²) in [6.07, 6.45) is 5.89. The van der Waals surface area contributed by atoms with Crippen molar-refractivity contribution in [2.24, 2.45) is 0 Å². The largest absolute Gasteiger partial charge is 0.348 e. The van der Waals surface area contributed by atoms with E-state index in [1.165, 1.54) is 5.56 Å². The van der Waals surface area contributed by atoms with Gasteiger partial charge in [-0.25, -0.2) is 9.67 Å². The Balaban J connectivity index is 1.74. The fourth-order valence-electron chi connectivity index (χ4n) is 4.20. The van der Waals surface area contributed by atoms with Crippen molar-refractivity contribution < 1.29 is 4.79 Å². The van der Waals surface area contributed by atoms with E-state index in [4.69, 9.17) is 5.10 Å². The molecule has 2 aromatic heterocycles. The number of H-pyrrole nitrogens is 1. The average Bonchev–Trinajstić information content (AvgIpc) is 3.30. The maximum atomic E-state index is 12.8. The van der Waals surface area contributed by atoms with Crippen LogP contribution in [0.5, 0.6) is 0 Å². The number of rotatable bonds is 2. The van der Waals surface area contributed by atoms with E-state index in [0.29, 0.717) is 6.42 Å². The Hall–Kier alpha value is -3.15. The first kappa shape index (κ1) is 16.1. The SMILES string of the molecule is Cc1ccc(-n2nc(C)c3c2NC2=C(C(=O)CCC2)[C@H]3c2ncc[nH]2)cc1. The quantitative estimate of drug-likeness (QED) is 0.730. The third-order valence-electron chi connectivity index (χ3n) is 5.48. The van der Waals surface area contributed by atoms with E-state index in [-0.39, 0.29) is 11.7 Å². The molecule has 0 bridgehead atoms. The van der Waals surface area contributed by atoms with Gasteiger partial charge in [0.15, 0.2) is 5.78 Å². The molecule has 2 aliphatic rings. The second kappa shape index (κ2) is 5.94. The molecule has 0 saturated heterocycles. The molecule has 1 atom stereocenters. The van der Waals surface area contributed by atoms with Crippen molar-refractivity contribution in [1.82, 2.24) is 19.7 Å². The van der Waals surface area contributed by atoms with Crippen molar-refractivity contribution in [2.75, 3.05) is 5.32 Å². The summed E-state index contributed by atoms with van der Waals surface area (Å²) in [4.78, 5) is 20.5. The van der Waals surface area contributed by atoms with E-state index in [9.17, 15) is 4.79 Å². The number of aromatic amines is 1. The van der Waals surface area contributed by atoms with E-state index in [0.717, 1.165) is 52.7 Å². The molecule has 0 unspecified atom stereocenters. The van der Waals surface area contributed by atoms with Crippen LogP contribution in [0.4, 0.5) is 5.82 Å². The number of imidazole rings is 1. The predicted molar refractivity (Wildman–Crippen MR) is 103 cm³/mol. The van der Waals surface area contributed by atoms with Crippen LogP contribution in [0.15, 0.2) is 47.9 Å². The highest BCUT2D eigenvalue weighted by molar-refractivity contribution is 6.00. The molecule has 136 valence electrons. The van der Waals surface area contributed by atoms with Crippen molar-refractivity contribution in [3.63, 3.8) is 0 Å². The lowest BCUT2D eigenvalue weighted by atomic mass is 9.79. The number of carbonyl (C=O) groups is 1. The maximum Gasteiger partial charge on any atom is 0.161 e. The summed E-state index contributed by atoms with van der Waals surface area (Å²) in [7, 11) is 0. The van der Waals surface area contributed by atoms with Crippen molar-refractivity contribution in [3.8, 4) is 5.69 Å². The number of Topliss-reactive ketones (excluding diaryl/α,β-unsaturated/α-hetero) is 1. The monoisotopic (exact) mass is 359 g/mol. The predicted octanol–water partition coefficient (Wildman–Crippen LogP) is 3.78. The van der Waals surface area contributed by atoms with Crippen LogP contribution in [-0.4, -0.2) is 25.5 Å². The van der Waals surface area contributed by atoms with E-state index in [1.54, 1.807) is 6.20 Å². The normalized spacial score (nSPS) is 18.9. The summed E-state index contributed by atoms with van der Waals surface area (Å²) in [6.45, 7) is 4.07. The Labute approximate surface area is 157 Å². The van der Waals surface area contributed by atoms with Crippen LogP contribution >= 0.6 is 0 Å². The average molecular weight is 359 g/mol. The summed E-state index contributed by atoms with van der Waals surface area (Å²) in [5.74, 6) is 1.75. The molecule has 2 N–H and O–H groups in total. The molecule has 0 saturated carbocycles. The Morgan fingerprint density at radius 2 is 1.96 bits per heavy atom. The summed E-state index contributed by atoms with van der Waals surface area (Å²) in [6, 6.07) is 8.31. The van der Waals surface area contributed by atoms with Gasteiger partial charge in [-0.3, -0.25) is 4.79 Å². The van der Waals surface area contributed by atoms with Crippen LogP contribution in [0.1, 0.15) is 47.8 Å². The summed E-state index contributed by atoms with van der Waals surface area (Å²) < 4.78 is 1.95. The summed E-state index contributed by atoms with van der Waals surface area (Å²) in [5.41, 5.74) is 6.00. The Morgan fingerprint density at radius 1 is 1.15 bits per heavy atom. The van der Waals surface area contributed by atoms with Gasteiger partial charge >= 0.3 is 0 Å². The number of carbonyl (C=O) groups excluding carboxylic acids is 1. The van der Waals surface area contributed by atoms with Crippen molar-refractivity contribution in [2.45, 2.75) is 39.0 Å². The van der Waals surface area contributed by atoms with Crippen molar-refractivity contribution in [1.29, 1.82) is 0 Å². The van der Waals surface area contributed by atoms with E-state index in [1.807, 2.05) is 17.8 Å². The molecule has 1 aliphatic carbocycles. The van der Waals surface area contributed by atoms with Crippen LogP contribution in [0.25, 0.3) is 5.69 Å². The van der Waals surface area contributed by atoms with Crippen LogP contribution < -0.4 is 5.32 Å². The molecular weight excluding hydrogens is 338 g/mol. The number of hydrogen-bond donors (Lipinski definition) is 2. The van der Waals surface area contributed by atoms with E-state index < -0.39 is 0 Å². The van der Waals surface area contributed by atoms with Crippen LogP contribution in [0, 0.1) is 13.8 Å². The molecule has 1 aromatic carbocycles.